The molecule has 3 nitrogen and oxygen atoms in total. The second-order valence-electron chi connectivity index (χ2n) is 4.06. The highest BCUT2D eigenvalue weighted by molar-refractivity contribution is 4.91. The lowest BCUT2D eigenvalue weighted by Crippen LogP contribution is -2.41. The summed E-state index contributed by atoms with van der Waals surface area (Å²) in [4.78, 5) is 2.51. The van der Waals surface area contributed by atoms with E-state index < -0.39 is 0 Å². The molecule has 1 unspecified atom stereocenters. The zero-order valence-corrected chi connectivity index (χ0v) is 8.53. The Bertz CT molecular complexity index is 174. The van der Waals surface area contributed by atoms with Crippen LogP contribution in [0.2, 0.25) is 0 Å². The maximum atomic E-state index is 5.54. The lowest BCUT2D eigenvalue weighted by molar-refractivity contribution is -0.00539. The second kappa shape index (κ2) is 3.95. The van der Waals surface area contributed by atoms with Crippen LogP contribution in [0.4, 0.5) is 0 Å². The summed E-state index contributed by atoms with van der Waals surface area (Å²) in [5, 5.41) is 0. The summed E-state index contributed by atoms with van der Waals surface area (Å²) in [6.45, 7) is 8.13. The van der Waals surface area contributed by atoms with Gasteiger partial charge in [-0.2, -0.15) is 0 Å². The van der Waals surface area contributed by atoms with Crippen molar-refractivity contribution in [3.8, 4) is 0 Å². The van der Waals surface area contributed by atoms with Gasteiger partial charge in [0.1, 0.15) is 0 Å². The quantitative estimate of drug-likeness (QED) is 0.649. The van der Waals surface area contributed by atoms with E-state index in [-0.39, 0.29) is 0 Å². The van der Waals surface area contributed by atoms with Gasteiger partial charge in [-0.15, -0.1) is 0 Å². The van der Waals surface area contributed by atoms with E-state index in [4.69, 9.17) is 9.47 Å². The van der Waals surface area contributed by atoms with Gasteiger partial charge in [-0.05, 0) is 20.3 Å². The van der Waals surface area contributed by atoms with Crippen molar-refractivity contribution in [2.75, 3.05) is 26.3 Å². The van der Waals surface area contributed by atoms with Crippen molar-refractivity contribution < 1.29 is 9.47 Å². The van der Waals surface area contributed by atoms with Crippen molar-refractivity contribution in [3.05, 3.63) is 0 Å². The van der Waals surface area contributed by atoms with E-state index >= 15 is 0 Å². The van der Waals surface area contributed by atoms with Crippen LogP contribution in [0.1, 0.15) is 20.3 Å². The van der Waals surface area contributed by atoms with Gasteiger partial charge in [0, 0.05) is 25.7 Å². The van der Waals surface area contributed by atoms with Gasteiger partial charge in [-0.25, -0.2) is 0 Å². The Morgan fingerprint density at radius 2 is 2.46 bits per heavy atom. The molecule has 0 aliphatic carbocycles. The Morgan fingerprint density at radius 3 is 3.00 bits per heavy atom. The lowest BCUT2D eigenvalue weighted by Gasteiger charge is -2.28. The summed E-state index contributed by atoms with van der Waals surface area (Å²) in [6.07, 6.45) is 2.11. The Kier molecular flexibility index (Phi) is 2.86. The smallest absolute Gasteiger partial charge is 0.0718 e. The van der Waals surface area contributed by atoms with Crippen LogP contribution in [0.3, 0.4) is 0 Å². The minimum atomic E-state index is 0.365. The van der Waals surface area contributed by atoms with E-state index in [1.54, 1.807) is 0 Å². The average Bonchev–Trinajstić information content (AvgIpc) is 2.65. The first-order valence-corrected chi connectivity index (χ1v) is 5.27. The van der Waals surface area contributed by atoms with Crippen LogP contribution in [-0.4, -0.2) is 49.5 Å². The minimum Gasteiger partial charge on any atom is -0.377 e. The first-order chi connectivity index (χ1) is 6.29. The summed E-state index contributed by atoms with van der Waals surface area (Å²) < 4.78 is 11.1. The Labute approximate surface area is 80.0 Å². The zero-order chi connectivity index (χ0) is 9.26. The number of rotatable bonds is 4. The Balaban J connectivity index is 1.76. The molecule has 2 aliphatic heterocycles. The molecular weight excluding hydrogens is 166 g/mol. The summed E-state index contributed by atoms with van der Waals surface area (Å²) in [5.41, 5.74) is 0. The average molecular weight is 185 g/mol. The second-order valence-corrected chi connectivity index (χ2v) is 4.06. The number of hydrogen-bond acceptors (Lipinski definition) is 3. The van der Waals surface area contributed by atoms with E-state index in [0.717, 1.165) is 26.3 Å². The molecule has 0 saturated carbocycles. The standard InChI is InChI=1S/C10H19NO2/c1-3-12-8(2)5-11-6-10-4-9(11)7-13-10/h8-10H,3-7H2,1-2H3/t8?,9-,10-/m0/s1. The topological polar surface area (TPSA) is 21.7 Å². The largest absolute Gasteiger partial charge is 0.377 e. The van der Waals surface area contributed by atoms with Gasteiger partial charge in [0.15, 0.2) is 0 Å². The SMILES string of the molecule is CCOC(C)CN1C[C@@H]2C[C@H]1CO2. The molecule has 0 radical (unpaired) electrons. The fourth-order valence-corrected chi connectivity index (χ4v) is 2.37. The summed E-state index contributed by atoms with van der Waals surface area (Å²) in [6, 6.07) is 0.674. The molecule has 2 heterocycles. The molecule has 2 fully saturated rings. The zero-order valence-electron chi connectivity index (χ0n) is 8.53. The molecule has 3 atom stereocenters. The summed E-state index contributed by atoms with van der Waals surface area (Å²) in [7, 11) is 0. The fraction of sp³-hybridized carbons (Fsp3) is 1.00. The lowest BCUT2D eigenvalue weighted by atomic mass is 10.2. The molecule has 2 saturated heterocycles. The van der Waals surface area contributed by atoms with Gasteiger partial charge >= 0.3 is 0 Å². The number of hydrogen-bond donors (Lipinski definition) is 0. The molecule has 0 aromatic carbocycles. The van der Waals surface area contributed by atoms with Gasteiger partial charge < -0.3 is 9.47 Å². The van der Waals surface area contributed by atoms with E-state index in [1.165, 1.54) is 6.42 Å². The molecule has 0 amide bonds. The van der Waals surface area contributed by atoms with E-state index in [2.05, 4.69) is 18.7 Å². The maximum absolute atomic E-state index is 5.54. The highest BCUT2D eigenvalue weighted by Gasteiger charge is 2.39. The number of morpholine rings is 1. The van der Waals surface area contributed by atoms with E-state index in [9.17, 15) is 0 Å². The predicted octanol–water partition coefficient (Wildman–Crippen LogP) is 0.885. The Morgan fingerprint density at radius 1 is 1.62 bits per heavy atom. The van der Waals surface area contributed by atoms with Crippen LogP contribution in [0.5, 0.6) is 0 Å². The monoisotopic (exact) mass is 185 g/mol. The maximum Gasteiger partial charge on any atom is 0.0718 e. The van der Waals surface area contributed by atoms with E-state index in [0.29, 0.717) is 18.2 Å². The van der Waals surface area contributed by atoms with Gasteiger partial charge in [0.25, 0.3) is 0 Å². The Hall–Kier alpha value is -0.120. The van der Waals surface area contributed by atoms with Gasteiger partial charge in [-0.1, -0.05) is 0 Å². The molecule has 3 heteroatoms. The van der Waals surface area contributed by atoms with Crippen molar-refractivity contribution >= 4 is 0 Å². The molecule has 0 N–H and O–H groups in total. The first-order valence-electron chi connectivity index (χ1n) is 5.27. The minimum absolute atomic E-state index is 0.365. The molecular formula is C10H19NO2. The molecule has 2 rings (SSSR count). The van der Waals surface area contributed by atoms with Crippen molar-refractivity contribution in [1.82, 2.24) is 4.90 Å². The number of likely N-dealkylation sites (tertiary alicyclic amines) is 1. The molecule has 76 valence electrons. The van der Waals surface area contributed by atoms with Gasteiger partial charge in [0.2, 0.25) is 0 Å². The highest BCUT2D eigenvalue weighted by atomic mass is 16.5. The number of nitrogens with zero attached hydrogens (tertiary/aromatic N) is 1. The van der Waals surface area contributed by atoms with Gasteiger partial charge in [-0.3, -0.25) is 4.90 Å². The first kappa shape index (κ1) is 9.44. The van der Waals surface area contributed by atoms with E-state index in [1.807, 2.05) is 0 Å². The molecule has 0 spiro atoms. The summed E-state index contributed by atoms with van der Waals surface area (Å²) in [5.74, 6) is 0. The van der Waals surface area contributed by atoms with Crippen LogP contribution >= 0.6 is 0 Å². The molecule has 0 aromatic rings. The third-order valence-corrected chi connectivity index (χ3v) is 2.96. The third kappa shape index (κ3) is 2.03. The molecule has 2 bridgehead atoms. The van der Waals surface area contributed by atoms with Crippen LogP contribution in [0, 0.1) is 0 Å². The van der Waals surface area contributed by atoms with Crippen LogP contribution in [-0.2, 0) is 9.47 Å². The number of ether oxygens (including phenoxy) is 2. The van der Waals surface area contributed by atoms with Crippen molar-refractivity contribution in [2.45, 2.75) is 38.5 Å². The molecule has 13 heavy (non-hydrogen) atoms. The van der Waals surface area contributed by atoms with Crippen molar-refractivity contribution in [2.24, 2.45) is 0 Å². The number of fused-ring (bicyclic) bond motifs is 2. The third-order valence-electron chi connectivity index (χ3n) is 2.96. The van der Waals surface area contributed by atoms with Gasteiger partial charge in [0.05, 0.1) is 18.8 Å². The van der Waals surface area contributed by atoms with Crippen molar-refractivity contribution in [1.29, 1.82) is 0 Å². The fourth-order valence-electron chi connectivity index (χ4n) is 2.37. The molecule has 0 aromatic heterocycles. The normalized spacial score (nSPS) is 35.5. The van der Waals surface area contributed by atoms with Crippen molar-refractivity contribution in [3.63, 3.8) is 0 Å². The van der Waals surface area contributed by atoms with Crippen LogP contribution in [0.25, 0.3) is 0 Å². The molecule has 2 aliphatic rings. The summed E-state index contributed by atoms with van der Waals surface area (Å²) >= 11 is 0. The van der Waals surface area contributed by atoms with Crippen LogP contribution < -0.4 is 0 Å². The van der Waals surface area contributed by atoms with Crippen LogP contribution in [0.15, 0.2) is 0 Å². The highest BCUT2D eigenvalue weighted by Crippen LogP contribution is 2.27. The predicted molar refractivity (Wildman–Crippen MR) is 50.8 cm³/mol.